The van der Waals surface area contributed by atoms with Crippen molar-refractivity contribution in [2.45, 2.75) is 5.33 Å². The normalized spacial score (nSPS) is 10.8. The van der Waals surface area contributed by atoms with Crippen LogP contribution in [0, 0.1) is 0 Å². The molecule has 1 aromatic carbocycles. The summed E-state index contributed by atoms with van der Waals surface area (Å²) in [5.41, 5.74) is 1.21. The predicted octanol–water partition coefficient (Wildman–Crippen LogP) is 4.45. The molecule has 2 rings (SSSR count). The number of alkyl halides is 1. The van der Waals surface area contributed by atoms with Gasteiger partial charge in [-0.05, 0) is 11.5 Å². The third kappa shape index (κ3) is 1.28. The van der Waals surface area contributed by atoms with E-state index in [-0.39, 0.29) is 0 Å². The second kappa shape index (κ2) is 3.36. The molecule has 3 heteroatoms. The molecule has 62 valence electrons. The highest BCUT2D eigenvalue weighted by Crippen LogP contribution is 2.35. The molecule has 1 aromatic heterocycles. The molecule has 0 nitrogen and oxygen atoms in total. The summed E-state index contributed by atoms with van der Waals surface area (Å²) in [5.74, 6) is 0. The van der Waals surface area contributed by atoms with E-state index in [1.165, 1.54) is 15.6 Å². The van der Waals surface area contributed by atoms with E-state index in [0.29, 0.717) is 0 Å². The fourth-order valence-corrected chi connectivity index (χ4v) is 3.49. The van der Waals surface area contributed by atoms with E-state index < -0.39 is 0 Å². The summed E-state index contributed by atoms with van der Waals surface area (Å²) >= 11 is 11.1. The second-order valence-corrected chi connectivity index (χ2v) is 4.70. The minimum atomic E-state index is 0.829. The van der Waals surface area contributed by atoms with Crippen LogP contribution >= 0.6 is 38.9 Å². The Morgan fingerprint density at radius 3 is 2.83 bits per heavy atom. The lowest BCUT2D eigenvalue weighted by Crippen LogP contribution is -1.72. The number of rotatable bonds is 1. The molecule has 0 aliphatic rings. The van der Waals surface area contributed by atoms with E-state index in [2.05, 4.69) is 28.1 Å². The standard InChI is InChI=1S/C9H6BrClS/c10-5-7-6-3-1-2-4-8(6)12-9(7)11/h1-4H,5H2. The summed E-state index contributed by atoms with van der Waals surface area (Å²) < 4.78 is 2.16. The first-order chi connectivity index (χ1) is 5.83. The number of hydrogen-bond acceptors (Lipinski definition) is 1. The lowest BCUT2D eigenvalue weighted by molar-refractivity contribution is 1.54. The Bertz CT molecular complexity index is 408. The quantitative estimate of drug-likeness (QED) is 0.665. The van der Waals surface area contributed by atoms with E-state index in [4.69, 9.17) is 11.6 Å². The van der Waals surface area contributed by atoms with Gasteiger partial charge in [0.1, 0.15) is 0 Å². The molecule has 1 heterocycles. The van der Waals surface area contributed by atoms with Crippen molar-refractivity contribution in [3.8, 4) is 0 Å². The van der Waals surface area contributed by atoms with Gasteiger partial charge in [-0.15, -0.1) is 11.3 Å². The molecule has 0 aliphatic heterocycles. The molecule has 0 unspecified atom stereocenters. The first-order valence-corrected chi connectivity index (χ1v) is 5.86. The van der Waals surface area contributed by atoms with Crippen molar-refractivity contribution in [2.75, 3.05) is 0 Å². The van der Waals surface area contributed by atoms with Gasteiger partial charge in [-0.2, -0.15) is 0 Å². The monoisotopic (exact) mass is 260 g/mol. The largest absolute Gasteiger partial charge is 0.123 e. The summed E-state index contributed by atoms with van der Waals surface area (Å²) in [4.78, 5) is 0. The minimum absolute atomic E-state index is 0.829. The Labute approximate surface area is 88.3 Å². The Morgan fingerprint density at radius 1 is 1.33 bits per heavy atom. The van der Waals surface area contributed by atoms with Gasteiger partial charge in [0.2, 0.25) is 0 Å². The van der Waals surface area contributed by atoms with Crippen molar-refractivity contribution in [1.29, 1.82) is 0 Å². The van der Waals surface area contributed by atoms with Crippen LogP contribution in [0.5, 0.6) is 0 Å². The number of benzene rings is 1. The van der Waals surface area contributed by atoms with E-state index >= 15 is 0 Å². The molecule has 0 amide bonds. The molecule has 0 saturated heterocycles. The zero-order chi connectivity index (χ0) is 8.55. The lowest BCUT2D eigenvalue weighted by atomic mass is 10.2. The Kier molecular flexibility index (Phi) is 2.40. The van der Waals surface area contributed by atoms with Crippen LogP contribution in [0.2, 0.25) is 4.34 Å². The van der Waals surface area contributed by atoms with Gasteiger partial charge in [-0.25, -0.2) is 0 Å². The van der Waals surface area contributed by atoms with Crippen LogP contribution in [0.3, 0.4) is 0 Å². The van der Waals surface area contributed by atoms with Gasteiger partial charge in [0.25, 0.3) is 0 Å². The van der Waals surface area contributed by atoms with Crippen molar-refractivity contribution < 1.29 is 0 Å². The third-order valence-corrected chi connectivity index (χ3v) is 3.80. The Balaban J connectivity index is 2.81. The molecular weight excluding hydrogens is 256 g/mol. The third-order valence-electron chi connectivity index (χ3n) is 1.78. The highest BCUT2D eigenvalue weighted by molar-refractivity contribution is 9.08. The zero-order valence-corrected chi connectivity index (χ0v) is 9.34. The number of halogens is 2. The average molecular weight is 262 g/mol. The first kappa shape index (κ1) is 8.54. The molecule has 0 fully saturated rings. The van der Waals surface area contributed by atoms with Gasteiger partial charge in [0, 0.05) is 15.6 Å². The SMILES string of the molecule is Clc1sc2ccccc2c1CBr. The fourth-order valence-electron chi connectivity index (χ4n) is 1.19. The summed E-state index contributed by atoms with van der Waals surface area (Å²) in [6.07, 6.45) is 0. The average Bonchev–Trinajstić information content (AvgIpc) is 2.40. The molecule has 0 N–H and O–H groups in total. The van der Waals surface area contributed by atoms with E-state index in [0.717, 1.165) is 9.67 Å². The second-order valence-electron chi connectivity index (χ2n) is 2.48. The highest BCUT2D eigenvalue weighted by atomic mass is 79.9. The maximum Gasteiger partial charge on any atom is 0.0981 e. The van der Waals surface area contributed by atoms with Crippen molar-refractivity contribution >= 4 is 49.0 Å². The Morgan fingerprint density at radius 2 is 2.08 bits per heavy atom. The molecule has 0 atom stereocenters. The minimum Gasteiger partial charge on any atom is -0.123 e. The number of fused-ring (bicyclic) bond motifs is 1. The van der Waals surface area contributed by atoms with Crippen LogP contribution < -0.4 is 0 Å². The van der Waals surface area contributed by atoms with Gasteiger partial charge >= 0.3 is 0 Å². The van der Waals surface area contributed by atoms with Crippen molar-refractivity contribution in [2.24, 2.45) is 0 Å². The molecule has 0 saturated carbocycles. The van der Waals surface area contributed by atoms with E-state index in [1.807, 2.05) is 12.1 Å². The van der Waals surface area contributed by atoms with Crippen LogP contribution in [-0.2, 0) is 5.33 Å². The lowest BCUT2D eigenvalue weighted by Gasteiger charge is -1.91. The van der Waals surface area contributed by atoms with Crippen molar-refractivity contribution in [3.63, 3.8) is 0 Å². The van der Waals surface area contributed by atoms with E-state index in [1.54, 1.807) is 11.3 Å². The molecule has 0 radical (unpaired) electrons. The summed E-state index contributed by atoms with van der Waals surface area (Å²) in [5, 5.41) is 2.10. The Hall–Kier alpha value is -0.0500. The summed E-state index contributed by atoms with van der Waals surface area (Å²) in [7, 11) is 0. The number of thiophene rings is 1. The number of hydrogen-bond donors (Lipinski definition) is 0. The topological polar surface area (TPSA) is 0 Å². The molecular formula is C9H6BrClS. The molecule has 0 bridgehead atoms. The predicted molar refractivity (Wildman–Crippen MR) is 59.5 cm³/mol. The van der Waals surface area contributed by atoms with Crippen LogP contribution in [0.25, 0.3) is 10.1 Å². The smallest absolute Gasteiger partial charge is 0.0981 e. The maximum atomic E-state index is 6.06. The maximum absolute atomic E-state index is 6.06. The van der Waals surface area contributed by atoms with Gasteiger partial charge < -0.3 is 0 Å². The van der Waals surface area contributed by atoms with Gasteiger partial charge in [0.15, 0.2) is 0 Å². The fraction of sp³-hybridized carbons (Fsp3) is 0.111. The molecule has 12 heavy (non-hydrogen) atoms. The summed E-state index contributed by atoms with van der Waals surface area (Å²) in [6.45, 7) is 0. The van der Waals surface area contributed by atoms with Crippen LogP contribution in [0.1, 0.15) is 5.56 Å². The van der Waals surface area contributed by atoms with Crippen molar-refractivity contribution in [1.82, 2.24) is 0 Å². The van der Waals surface area contributed by atoms with Crippen molar-refractivity contribution in [3.05, 3.63) is 34.2 Å². The highest BCUT2D eigenvalue weighted by Gasteiger charge is 2.07. The zero-order valence-electron chi connectivity index (χ0n) is 6.18. The van der Waals surface area contributed by atoms with E-state index in [9.17, 15) is 0 Å². The molecule has 0 spiro atoms. The van der Waals surface area contributed by atoms with Gasteiger partial charge in [-0.1, -0.05) is 45.7 Å². The van der Waals surface area contributed by atoms with Gasteiger partial charge in [-0.3, -0.25) is 0 Å². The molecule has 2 aromatic rings. The van der Waals surface area contributed by atoms with Gasteiger partial charge in [0.05, 0.1) is 4.34 Å². The summed E-state index contributed by atoms with van der Waals surface area (Å²) in [6, 6.07) is 8.27. The first-order valence-electron chi connectivity index (χ1n) is 3.55. The van der Waals surface area contributed by atoms with Crippen LogP contribution in [0.15, 0.2) is 24.3 Å². The van der Waals surface area contributed by atoms with Crippen LogP contribution in [-0.4, -0.2) is 0 Å². The molecule has 0 aliphatic carbocycles. The van der Waals surface area contributed by atoms with Crippen LogP contribution in [0.4, 0.5) is 0 Å².